The fourth-order valence-corrected chi connectivity index (χ4v) is 2.86. The molecule has 0 atom stereocenters. The Labute approximate surface area is 107 Å². The third-order valence-electron chi connectivity index (χ3n) is 2.86. The van der Waals surface area contributed by atoms with Crippen molar-refractivity contribution in [1.29, 1.82) is 0 Å². The van der Waals surface area contributed by atoms with Crippen LogP contribution in [-0.4, -0.2) is 38.9 Å². The van der Waals surface area contributed by atoms with Crippen molar-refractivity contribution in [3.63, 3.8) is 0 Å². The van der Waals surface area contributed by atoms with Crippen LogP contribution >= 0.6 is 11.8 Å². The van der Waals surface area contributed by atoms with E-state index in [1.807, 2.05) is 0 Å². The monoisotopic (exact) mass is 261 g/mol. The fraction of sp³-hybridized carbons (Fsp3) is 0.250. The smallest absolute Gasteiger partial charge is 0.290 e. The minimum atomic E-state index is -0.268. The van der Waals surface area contributed by atoms with Gasteiger partial charge >= 0.3 is 0 Å². The number of thioether (sulfide) groups is 1. The molecule has 3 rings (SSSR count). The molecule has 1 aromatic heterocycles. The summed E-state index contributed by atoms with van der Waals surface area (Å²) < 4.78 is 0. The van der Waals surface area contributed by atoms with Crippen molar-refractivity contribution in [2.45, 2.75) is 0 Å². The highest BCUT2D eigenvalue weighted by atomic mass is 32.2. The number of H-pyrrole nitrogens is 1. The average molecular weight is 261 g/mol. The van der Waals surface area contributed by atoms with Crippen LogP contribution in [0, 0.1) is 0 Å². The summed E-state index contributed by atoms with van der Waals surface area (Å²) in [5.74, 6) is 1.52. The Balaban J connectivity index is 2.07. The fourth-order valence-electron chi connectivity index (χ4n) is 1.91. The van der Waals surface area contributed by atoms with Crippen LogP contribution in [0.25, 0.3) is 10.9 Å². The summed E-state index contributed by atoms with van der Waals surface area (Å²) in [6.45, 7) is 0.708. The van der Waals surface area contributed by atoms with E-state index in [4.69, 9.17) is 0 Å². The zero-order valence-corrected chi connectivity index (χ0v) is 10.4. The molecular formula is C12H11N3O2S. The normalized spacial score (nSPS) is 15.2. The molecule has 0 saturated carbocycles. The summed E-state index contributed by atoms with van der Waals surface area (Å²) in [5, 5.41) is 0.504. The molecule has 18 heavy (non-hydrogen) atoms. The van der Waals surface area contributed by atoms with Crippen LogP contribution in [0.2, 0.25) is 0 Å². The Hall–Kier alpha value is -1.82. The summed E-state index contributed by atoms with van der Waals surface area (Å²) >= 11 is 1.70. The van der Waals surface area contributed by atoms with E-state index in [-0.39, 0.29) is 17.3 Å². The van der Waals surface area contributed by atoms with Gasteiger partial charge < -0.3 is 9.88 Å². The zero-order valence-electron chi connectivity index (χ0n) is 9.55. The number of rotatable bonds is 1. The van der Waals surface area contributed by atoms with E-state index < -0.39 is 0 Å². The Morgan fingerprint density at radius 3 is 3.00 bits per heavy atom. The van der Waals surface area contributed by atoms with E-state index in [1.54, 1.807) is 40.9 Å². The van der Waals surface area contributed by atoms with Gasteiger partial charge in [0.2, 0.25) is 0 Å². The molecule has 0 bridgehead atoms. The van der Waals surface area contributed by atoms with Crippen LogP contribution in [0.1, 0.15) is 10.6 Å². The highest BCUT2D eigenvalue weighted by molar-refractivity contribution is 7.99. The Morgan fingerprint density at radius 1 is 1.39 bits per heavy atom. The molecule has 1 saturated heterocycles. The van der Waals surface area contributed by atoms with Gasteiger partial charge in [-0.2, -0.15) is 0 Å². The quantitative estimate of drug-likeness (QED) is 0.834. The molecule has 92 valence electrons. The second-order valence-corrected chi connectivity index (χ2v) is 5.11. The molecule has 0 radical (unpaired) electrons. The van der Waals surface area contributed by atoms with E-state index >= 15 is 0 Å². The van der Waals surface area contributed by atoms with E-state index in [9.17, 15) is 9.59 Å². The number of benzene rings is 1. The number of nitrogens with one attached hydrogen (secondary N) is 1. The van der Waals surface area contributed by atoms with Crippen molar-refractivity contribution in [2.75, 3.05) is 18.2 Å². The van der Waals surface area contributed by atoms with Crippen LogP contribution in [0.3, 0.4) is 0 Å². The van der Waals surface area contributed by atoms with Crippen molar-refractivity contribution < 1.29 is 4.79 Å². The van der Waals surface area contributed by atoms with Crippen molar-refractivity contribution in [3.8, 4) is 0 Å². The van der Waals surface area contributed by atoms with Crippen LogP contribution in [0.5, 0.6) is 0 Å². The third-order valence-corrected chi connectivity index (χ3v) is 3.82. The number of carbonyl (C=O) groups is 1. The third kappa shape index (κ3) is 1.88. The van der Waals surface area contributed by atoms with Gasteiger partial charge in [-0.15, -0.1) is 11.8 Å². The number of carbonyl (C=O) groups excluding carboxylic acids is 1. The number of amides is 1. The van der Waals surface area contributed by atoms with Crippen molar-refractivity contribution in [3.05, 3.63) is 40.4 Å². The van der Waals surface area contributed by atoms with E-state index in [2.05, 4.69) is 9.97 Å². The molecule has 1 aliphatic heterocycles. The highest BCUT2D eigenvalue weighted by Crippen LogP contribution is 2.15. The summed E-state index contributed by atoms with van der Waals surface area (Å²) in [4.78, 5) is 32.4. The van der Waals surface area contributed by atoms with Gasteiger partial charge in [-0.1, -0.05) is 12.1 Å². The van der Waals surface area contributed by atoms with Gasteiger partial charge in [0, 0.05) is 12.3 Å². The van der Waals surface area contributed by atoms with Gasteiger partial charge in [0.05, 0.1) is 16.8 Å². The average Bonchev–Trinajstić information content (AvgIpc) is 2.91. The predicted octanol–water partition coefficient (Wildman–Crippen LogP) is 1.07. The Kier molecular flexibility index (Phi) is 2.79. The van der Waals surface area contributed by atoms with Crippen molar-refractivity contribution in [2.24, 2.45) is 0 Å². The second kappa shape index (κ2) is 4.45. The Bertz CT molecular complexity index is 662. The predicted molar refractivity (Wildman–Crippen MR) is 70.7 cm³/mol. The molecule has 1 fully saturated rings. The van der Waals surface area contributed by atoms with Crippen LogP contribution in [-0.2, 0) is 0 Å². The molecule has 1 amide bonds. The lowest BCUT2D eigenvalue weighted by atomic mass is 10.2. The number of para-hydroxylation sites is 1. The maximum absolute atomic E-state index is 12.1. The van der Waals surface area contributed by atoms with Crippen LogP contribution < -0.4 is 5.56 Å². The largest absolute Gasteiger partial charge is 0.326 e. The summed E-state index contributed by atoms with van der Waals surface area (Å²) in [6.07, 6.45) is 0. The van der Waals surface area contributed by atoms with Crippen molar-refractivity contribution in [1.82, 2.24) is 14.9 Å². The lowest BCUT2D eigenvalue weighted by Crippen LogP contribution is -2.31. The number of hydrogen-bond donors (Lipinski definition) is 1. The molecule has 5 nitrogen and oxygen atoms in total. The number of fused-ring (bicyclic) bond motifs is 1. The second-order valence-electron chi connectivity index (χ2n) is 4.04. The molecule has 6 heteroatoms. The number of aromatic amines is 1. The molecule has 0 aliphatic carbocycles. The number of hydrogen-bond acceptors (Lipinski definition) is 4. The molecular weight excluding hydrogens is 250 g/mol. The van der Waals surface area contributed by atoms with Crippen LogP contribution in [0.15, 0.2) is 29.1 Å². The maximum atomic E-state index is 12.1. The molecule has 1 aliphatic rings. The molecule has 0 unspecified atom stereocenters. The first-order valence-electron chi connectivity index (χ1n) is 5.62. The first kappa shape index (κ1) is 11.3. The standard InChI is InChI=1S/C12H11N3O2S/c16-11-8-3-1-2-4-9(8)13-10(14-11)12(17)15-5-6-18-7-15/h1-4H,5-7H2,(H,13,14,16). The van der Waals surface area contributed by atoms with Gasteiger partial charge in [0.25, 0.3) is 11.5 Å². The van der Waals surface area contributed by atoms with E-state index in [0.717, 1.165) is 5.75 Å². The summed E-state index contributed by atoms with van der Waals surface area (Å²) in [7, 11) is 0. The summed E-state index contributed by atoms with van der Waals surface area (Å²) in [5.41, 5.74) is 0.284. The highest BCUT2D eigenvalue weighted by Gasteiger charge is 2.22. The molecule has 0 spiro atoms. The van der Waals surface area contributed by atoms with Gasteiger partial charge in [-0.25, -0.2) is 4.98 Å². The van der Waals surface area contributed by atoms with E-state index in [0.29, 0.717) is 23.3 Å². The number of nitrogens with zero attached hydrogens (tertiary/aromatic N) is 2. The van der Waals surface area contributed by atoms with Crippen molar-refractivity contribution >= 4 is 28.6 Å². The SMILES string of the molecule is O=C(c1nc2ccccc2c(=O)[nH]1)N1CCSC1. The van der Waals surface area contributed by atoms with Crippen LogP contribution in [0.4, 0.5) is 0 Å². The maximum Gasteiger partial charge on any atom is 0.290 e. The molecule has 1 N–H and O–H groups in total. The first-order chi connectivity index (χ1) is 8.75. The lowest BCUT2D eigenvalue weighted by Gasteiger charge is -2.13. The Morgan fingerprint density at radius 2 is 2.22 bits per heavy atom. The molecule has 1 aromatic carbocycles. The minimum Gasteiger partial charge on any atom is -0.326 e. The molecule has 2 aromatic rings. The molecule has 2 heterocycles. The van der Waals surface area contributed by atoms with E-state index in [1.165, 1.54) is 0 Å². The van der Waals surface area contributed by atoms with Gasteiger partial charge in [0.15, 0.2) is 5.82 Å². The topological polar surface area (TPSA) is 66.1 Å². The first-order valence-corrected chi connectivity index (χ1v) is 6.77. The van der Waals surface area contributed by atoms with Gasteiger partial charge in [0.1, 0.15) is 0 Å². The zero-order chi connectivity index (χ0) is 12.5. The van der Waals surface area contributed by atoms with Gasteiger partial charge in [-0.3, -0.25) is 9.59 Å². The number of aromatic nitrogens is 2. The summed E-state index contributed by atoms with van der Waals surface area (Å²) in [6, 6.07) is 7.01. The van der Waals surface area contributed by atoms with Gasteiger partial charge in [-0.05, 0) is 12.1 Å². The minimum absolute atomic E-state index is 0.126. The lowest BCUT2D eigenvalue weighted by molar-refractivity contribution is 0.0791.